The van der Waals surface area contributed by atoms with Gasteiger partial charge in [-0.2, -0.15) is 0 Å². The van der Waals surface area contributed by atoms with Crippen LogP contribution in [0.2, 0.25) is 0 Å². The molecule has 21 heavy (non-hydrogen) atoms. The molecule has 1 heterocycles. The Morgan fingerprint density at radius 2 is 2.00 bits per heavy atom. The highest BCUT2D eigenvalue weighted by Crippen LogP contribution is 2.21. The van der Waals surface area contributed by atoms with E-state index in [1.165, 1.54) is 0 Å². The molecule has 1 amide bonds. The first-order valence-corrected chi connectivity index (χ1v) is 7.63. The van der Waals surface area contributed by atoms with Crippen LogP contribution in [-0.2, 0) is 9.53 Å². The zero-order valence-corrected chi connectivity index (χ0v) is 13.5. The Hall–Kier alpha value is -1.30. The minimum absolute atomic E-state index is 0.0207. The molecule has 2 atom stereocenters. The van der Waals surface area contributed by atoms with Crippen molar-refractivity contribution < 1.29 is 19.4 Å². The lowest BCUT2D eigenvalue weighted by Crippen LogP contribution is -2.51. The van der Waals surface area contributed by atoms with Gasteiger partial charge in [0.05, 0.1) is 0 Å². The van der Waals surface area contributed by atoms with Crippen LogP contribution in [0.15, 0.2) is 0 Å². The van der Waals surface area contributed by atoms with Crippen molar-refractivity contribution in [1.82, 2.24) is 10.2 Å². The summed E-state index contributed by atoms with van der Waals surface area (Å²) in [5, 5.41) is 11.7. The molecule has 1 saturated heterocycles. The van der Waals surface area contributed by atoms with E-state index in [2.05, 4.69) is 17.1 Å². The Balaban J connectivity index is 2.52. The molecule has 122 valence electrons. The molecule has 1 fully saturated rings. The van der Waals surface area contributed by atoms with Crippen molar-refractivity contribution in [3.63, 3.8) is 0 Å². The van der Waals surface area contributed by atoms with E-state index in [0.29, 0.717) is 12.3 Å². The number of carbonyl (C=O) groups is 2. The molecule has 1 aliphatic rings. The number of carboxylic acid groups (broad SMARTS) is 1. The number of likely N-dealkylation sites (tertiary alicyclic amines) is 1. The molecular formula is C15H28N2O4. The third-order valence-electron chi connectivity index (χ3n) is 3.55. The van der Waals surface area contributed by atoms with Crippen LogP contribution in [0.3, 0.4) is 0 Å². The van der Waals surface area contributed by atoms with Gasteiger partial charge in [0.25, 0.3) is 0 Å². The lowest BCUT2D eigenvalue weighted by atomic mass is 9.90. The number of hydrogen-bond donors (Lipinski definition) is 2. The smallest absolute Gasteiger partial charge is 0.407 e. The van der Waals surface area contributed by atoms with Crippen LogP contribution in [0.25, 0.3) is 0 Å². The molecule has 0 aliphatic carbocycles. The fourth-order valence-corrected chi connectivity index (χ4v) is 2.68. The van der Waals surface area contributed by atoms with Gasteiger partial charge in [-0.3, -0.25) is 4.79 Å². The van der Waals surface area contributed by atoms with Crippen LogP contribution in [0.5, 0.6) is 0 Å². The van der Waals surface area contributed by atoms with Crippen molar-refractivity contribution in [3.05, 3.63) is 0 Å². The Labute approximate surface area is 126 Å². The van der Waals surface area contributed by atoms with E-state index >= 15 is 0 Å². The fraction of sp³-hybridized carbons (Fsp3) is 0.867. The molecule has 0 spiro atoms. The first-order valence-electron chi connectivity index (χ1n) is 7.63. The first kappa shape index (κ1) is 17.8. The predicted molar refractivity (Wildman–Crippen MR) is 80.2 cm³/mol. The fourth-order valence-electron chi connectivity index (χ4n) is 2.68. The van der Waals surface area contributed by atoms with Gasteiger partial charge in [0.2, 0.25) is 0 Å². The van der Waals surface area contributed by atoms with Gasteiger partial charge in [0.15, 0.2) is 0 Å². The van der Waals surface area contributed by atoms with Crippen molar-refractivity contribution in [3.8, 4) is 0 Å². The van der Waals surface area contributed by atoms with Crippen LogP contribution in [0, 0.1) is 5.92 Å². The Kier molecular flexibility index (Phi) is 6.45. The summed E-state index contributed by atoms with van der Waals surface area (Å²) in [6.45, 7) is 10.2. The van der Waals surface area contributed by atoms with Crippen LogP contribution in [0.4, 0.5) is 4.79 Å². The Morgan fingerprint density at radius 1 is 1.33 bits per heavy atom. The van der Waals surface area contributed by atoms with Crippen LogP contribution < -0.4 is 5.32 Å². The van der Waals surface area contributed by atoms with E-state index < -0.39 is 17.7 Å². The van der Waals surface area contributed by atoms with E-state index in [9.17, 15) is 9.59 Å². The zero-order valence-electron chi connectivity index (χ0n) is 13.5. The van der Waals surface area contributed by atoms with Gasteiger partial charge in [0.1, 0.15) is 5.60 Å². The SMILES string of the molecule is CCN1CC(CCC(=O)O)CC(NC(=O)OC(C)(C)C)C1. The number of ether oxygens (including phenoxy) is 1. The number of alkyl carbamates (subject to hydrolysis) is 1. The number of carboxylic acids is 1. The summed E-state index contributed by atoms with van der Waals surface area (Å²) in [4.78, 5) is 24.8. The monoisotopic (exact) mass is 300 g/mol. The first-order chi connectivity index (χ1) is 9.69. The third-order valence-corrected chi connectivity index (χ3v) is 3.55. The van der Waals surface area contributed by atoms with Crippen molar-refractivity contribution in [2.75, 3.05) is 19.6 Å². The van der Waals surface area contributed by atoms with Gasteiger partial charge in [-0.15, -0.1) is 0 Å². The molecule has 1 aliphatic heterocycles. The lowest BCUT2D eigenvalue weighted by molar-refractivity contribution is -0.137. The molecule has 0 radical (unpaired) electrons. The van der Waals surface area contributed by atoms with Crippen molar-refractivity contribution in [2.45, 2.75) is 58.6 Å². The van der Waals surface area contributed by atoms with Gasteiger partial charge >= 0.3 is 12.1 Å². The summed E-state index contributed by atoms with van der Waals surface area (Å²) in [5.74, 6) is -0.463. The highest BCUT2D eigenvalue weighted by atomic mass is 16.6. The van der Waals surface area contributed by atoms with Crippen molar-refractivity contribution in [2.24, 2.45) is 5.92 Å². The van der Waals surface area contributed by atoms with Gasteiger partial charge in [-0.1, -0.05) is 6.92 Å². The van der Waals surface area contributed by atoms with Gasteiger partial charge in [-0.05, 0) is 46.1 Å². The number of hydrogen-bond acceptors (Lipinski definition) is 4. The maximum absolute atomic E-state index is 11.8. The van der Waals surface area contributed by atoms with Gasteiger partial charge < -0.3 is 20.1 Å². The highest BCUT2D eigenvalue weighted by molar-refractivity contribution is 5.68. The largest absolute Gasteiger partial charge is 0.481 e. The molecule has 6 nitrogen and oxygen atoms in total. The molecule has 2 unspecified atom stereocenters. The zero-order chi connectivity index (χ0) is 16.0. The second-order valence-corrected chi connectivity index (χ2v) is 6.73. The molecule has 0 aromatic heterocycles. The number of nitrogens with one attached hydrogen (secondary N) is 1. The molecule has 1 rings (SSSR count). The average molecular weight is 300 g/mol. The minimum atomic E-state index is -0.764. The molecular weight excluding hydrogens is 272 g/mol. The van der Waals surface area contributed by atoms with Crippen LogP contribution >= 0.6 is 0 Å². The summed E-state index contributed by atoms with van der Waals surface area (Å²) in [5.41, 5.74) is -0.508. The van der Waals surface area contributed by atoms with E-state index in [1.807, 2.05) is 20.8 Å². The third kappa shape index (κ3) is 7.32. The maximum Gasteiger partial charge on any atom is 0.407 e. The number of rotatable bonds is 5. The molecule has 0 aromatic rings. The average Bonchev–Trinajstić information content (AvgIpc) is 2.33. The lowest BCUT2D eigenvalue weighted by Gasteiger charge is -2.37. The highest BCUT2D eigenvalue weighted by Gasteiger charge is 2.29. The number of amides is 1. The second kappa shape index (κ2) is 7.64. The molecule has 0 aromatic carbocycles. The summed E-state index contributed by atoms with van der Waals surface area (Å²) in [6, 6.07) is 0.0207. The number of piperidine rings is 1. The van der Waals surface area contributed by atoms with Crippen molar-refractivity contribution in [1.29, 1.82) is 0 Å². The number of carbonyl (C=O) groups excluding carboxylic acids is 1. The Bertz CT molecular complexity index is 365. The van der Waals surface area contributed by atoms with E-state index in [0.717, 1.165) is 26.1 Å². The number of aliphatic carboxylic acids is 1. The minimum Gasteiger partial charge on any atom is -0.481 e. The van der Waals surface area contributed by atoms with Crippen molar-refractivity contribution >= 4 is 12.1 Å². The topological polar surface area (TPSA) is 78.9 Å². The molecule has 0 bridgehead atoms. The van der Waals surface area contributed by atoms with E-state index in [1.54, 1.807) is 0 Å². The standard InChI is InChI=1S/C15H28N2O4/c1-5-17-9-11(6-7-13(18)19)8-12(10-17)16-14(20)21-15(2,3)4/h11-12H,5-10H2,1-4H3,(H,16,20)(H,18,19). The molecule has 2 N–H and O–H groups in total. The molecule has 0 saturated carbocycles. The summed E-state index contributed by atoms with van der Waals surface area (Å²) in [6.07, 6.45) is 1.24. The van der Waals surface area contributed by atoms with E-state index in [4.69, 9.17) is 9.84 Å². The van der Waals surface area contributed by atoms with Gasteiger partial charge in [-0.25, -0.2) is 4.79 Å². The summed E-state index contributed by atoms with van der Waals surface area (Å²) >= 11 is 0. The summed E-state index contributed by atoms with van der Waals surface area (Å²) < 4.78 is 5.28. The number of likely N-dealkylation sites (N-methyl/N-ethyl adjacent to an activating group) is 1. The predicted octanol–water partition coefficient (Wildman–Crippen LogP) is 2.09. The summed E-state index contributed by atoms with van der Waals surface area (Å²) in [7, 11) is 0. The maximum atomic E-state index is 11.8. The second-order valence-electron chi connectivity index (χ2n) is 6.73. The van der Waals surface area contributed by atoms with Crippen LogP contribution in [-0.4, -0.2) is 53.3 Å². The number of nitrogens with zero attached hydrogens (tertiary/aromatic N) is 1. The van der Waals surface area contributed by atoms with E-state index in [-0.39, 0.29) is 12.5 Å². The molecule has 6 heteroatoms. The quantitative estimate of drug-likeness (QED) is 0.813. The normalized spacial score (nSPS) is 23.6. The Morgan fingerprint density at radius 3 is 2.52 bits per heavy atom. The van der Waals surface area contributed by atoms with Crippen LogP contribution in [0.1, 0.15) is 47.0 Å². The van der Waals surface area contributed by atoms with Gasteiger partial charge in [0, 0.05) is 25.6 Å².